The molecule has 9 heteroatoms. The van der Waals surface area contributed by atoms with Gasteiger partial charge >= 0.3 is 0 Å². The third kappa shape index (κ3) is 4.12. The summed E-state index contributed by atoms with van der Waals surface area (Å²) in [6.45, 7) is 2.76. The molecule has 0 aliphatic carbocycles. The average Bonchev–Trinajstić information content (AvgIpc) is 2.61. The summed E-state index contributed by atoms with van der Waals surface area (Å²) in [7, 11) is 0. The van der Waals surface area contributed by atoms with Gasteiger partial charge in [-0.3, -0.25) is 9.59 Å². The van der Waals surface area contributed by atoms with Crippen molar-refractivity contribution in [2.45, 2.75) is 43.5 Å². The lowest BCUT2D eigenvalue weighted by molar-refractivity contribution is -0.244. The molecule has 1 amide bonds. The summed E-state index contributed by atoms with van der Waals surface area (Å²) in [5, 5.41) is 27.6. The first kappa shape index (κ1) is 19.2. The van der Waals surface area contributed by atoms with Crippen molar-refractivity contribution < 1.29 is 29.6 Å². The van der Waals surface area contributed by atoms with Crippen molar-refractivity contribution >= 4 is 12.4 Å². The number of amides is 1. The molecular formula is C16H23N3O6. The van der Waals surface area contributed by atoms with Crippen LogP contribution in [-0.2, 0) is 9.53 Å². The monoisotopic (exact) mass is 353 g/mol. The molecule has 2 fully saturated rings. The van der Waals surface area contributed by atoms with Gasteiger partial charge in [0.2, 0.25) is 0 Å². The van der Waals surface area contributed by atoms with Crippen LogP contribution in [0.4, 0.5) is 0 Å². The Hall–Kier alpha value is -2.10. The molecule has 0 radical (unpaired) electrons. The molecule has 0 bridgehead atoms. The van der Waals surface area contributed by atoms with Crippen LogP contribution >= 0.6 is 0 Å². The maximum absolute atomic E-state index is 12.4. The number of aromatic nitrogens is 2. The fourth-order valence-corrected chi connectivity index (χ4v) is 3.34. The van der Waals surface area contributed by atoms with Gasteiger partial charge in [0, 0.05) is 31.9 Å². The largest absolute Gasteiger partial charge is 0.483 e. The number of carboxylic acid groups (broad SMARTS) is 1. The molecular weight excluding hydrogens is 330 g/mol. The maximum Gasteiger partial charge on any atom is 0.290 e. The zero-order chi connectivity index (χ0) is 18.5. The van der Waals surface area contributed by atoms with Crippen LogP contribution in [-0.4, -0.2) is 79.6 Å². The molecule has 0 saturated carbocycles. The van der Waals surface area contributed by atoms with Crippen molar-refractivity contribution in [2.24, 2.45) is 0 Å². The summed E-state index contributed by atoms with van der Waals surface area (Å²) >= 11 is 0. The summed E-state index contributed by atoms with van der Waals surface area (Å²) in [4.78, 5) is 30.2. The number of aliphatic hydroxyl groups is 2. The minimum absolute atomic E-state index is 0.118. The molecule has 1 aromatic rings. The molecule has 3 rings (SSSR count). The van der Waals surface area contributed by atoms with Crippen LogP contribution in [0.5, 0.6) is 0 Å². The standard InChI is InChI=1S/C15H21N3O4.CH2O2/c1-14(21)4-7-22-15(13(14)20)2-5-18(6-3-15)12(19)11-8-16-10-17-9-11;2-1-3/h8-10,13,20-21H,2-7H2,1H3;1H,(H,2,3)/t13-,14+;/m0./s1. The molecule has 3 N–H and O–H groups in total. The fourth-order valence-electron chi connectivity index (χ4n) is 3.34. The number of hydrogen-bond acceptors (Lipinski definition) is 7. The molecule has 1 spiro atoms. The lowest BCUT2D eigenvalue weighted by Gasteiger charge is -2.51. The molecule has 2 atom stereocenters. The first-order valence-electron chi connectivity index (χ1n) is 8.03. The highest BCUT2D eigenvalue weighted by Gasteiger charge is 2.52. The highest BCUT2D eigenvalue weighted by atomic mass is 16.5. The van der Waals surface area contributed by atoms with E-state index in [9.17, 15) is 15.0 Å². The van der Waals surface area contributed by atoms with Crippen molar-refractivity contribution in [3.8, 4) is 0 Å². The molecule has 2 saturated heterocycles. The fraction of sp³-hybridized carbons (Fsp3) is 0.625. The highest BCUT2D eigenvalue weighted by Crippen LogP contribution is 2.39. The number of carbonyl (C=O) groups excluding carboxylic acids is 1. The quantitative estimate of drug-likeness (QED) is 0.585. The van der Waals surface area contributed by atoms with Gasteiger partial charge in [-0.2, -0.15) is 0 Å². The van der Waals surface area contributed by atoms with Gasteiger partial charge in [-0.05, 0) is 19.8 Å². The zero-order valence-corrected chi connectivity index (χ0v) is 14.0. The van der Waals surface area contributed by atoms with Gasteiger partial charge in [0.05, 0.1) is 17.8 Å². The molecule has 3 heterocycles. The van der Waals surface area contributed by atoms with Gasteiger partial charge < -0.3 is 25.0 Å². The summed E-state index contributed by atoms with van der Waals surface area (Å²) in [5.74, 6) is -0.118. The van der Waals surface area contributed by atoms with Gasteiger partial charge in [-0.25, -0.2) is 9.97 Å². The zero-order valence-electron chi connectivity index (χ0n) is 14.0. The molecule has 25 heavy (non-hydrogen) atoms. The van der Waals surface area contributed by atoms with Crippen LogP contribution in [0, 0.1) is 0 Å². The van der Waals surface area contributed by atoms with E-state index in [4.69, 9.17) is 14.6 Å². The minimum Gasteiger partial charge on any atom is -0.483 e. The Morgan fingerprint density at radius 3 is 2.44 bits per heavy atom. The van der Waals surface area contributed by atoms with Crippen LogP contribution in [0.15, 0.2) is 18.7 Å². The maximum atomic E-state index is 12.4. The molecule has 2 aliphatic rings. The highest BCUT2D eigenvalue weighted by molar-refractivity contribution is 5.93. The van der Waals surface area contributed by atoms with E-state index in [0.29, 0.717) is 44.5 Å². The number of ether oxygens (including phenoxy) is 1. The first-order valence-corrected chi connectivity index (χ1v) is 8.03. The van der Waals surface area contributed by atoms with Crippen LogP contribution in [0.2, 0.25) is 0 Å². The molecule has 9 nitrogen and oxygen atoms in total. The third-order valence-electron chi connectivity index (χ3n) is 4.79. The van der Waals surface area contributed by atoms with Crippen LogP contribution < -0.4 is 0 Å². The number of rotatable bonds is 1. The van der Waals surface area contributed by atoms with E-state index in [1.54, 1.807) is 11.8 Å². The van der Waals surface area contributed by atoms with E-state index in [-0.39, 0.29) is 12.4 Å². The minimum atomic E-state index is -1.14. The Kier molecular flexibility index (Phi) is 6.04. The van der Waals surface area contributed by atoms with Crippen molar-refractivity contribution in [1.29, 1.82) is 0 Å². The number of carbonyl (C=O) groups is 2. The van der Waals surface area contributed by atoms with Crippen LogP contribution in [0.3, 0.4) is 0 Å². The third-order valence-corrected chi connectivity index (χ3v) is 4.79. The molecule has 0 aromatic carbocycles. The summed E-state index contributed by atoms with van der Waals surface area (Å²) in [6.07, 6.45) is 4.86. The number of aliphatic hydroxyl groups excluding tert-OH is 1. The second kappa shape index (κ2) is 7.85. The van der Waals surface area contributed by atoms with Crippen LogP contribution in [0.1, 0.15) is 36.5 Å². The molecule has 0 unspecified atom stereocenters. The first-order chi connectivity index (χ1) is 11.9. The predicted octanol–water partition coefficient (Wildman–Crippen LogP) is -0.316. The Morgan fingerprint density at radius 1 is 1.32 bits per heavy atom. The van der Waals surface area contributed by atoms with Crippen LogP contribution in [0.25, 0.3) is 0 Å². The number of piperidine rings is 1. The van der Waals surface area contributed by atoms with Gasteiger partial charge in [0.1, 0.15) is 18.0 Å². The predicted molar refractivity (Wildman–Crippen MR) is 85.8 cm³/mol. The number of hydrogen-bond donors (Lipinski definition) is 3. The topological polar surface area (TPSA) is 133 Å². The summed E-state index contributed by atoms with van der Waals surface area (Å²) in [6, 6.07) is 0. The SMILES string of the molecule is C[C@@]1(O)CCOC2(CCN(C(=O)c3cncnc3)CC2)[C@H]1O.O=CO. The van der Waals surface area contributed by atoms with Crippen molar-refractivity contribution in [1.82, 2.24) is 14.9 Å². The van der Waals surface area contributed by atoms with Gasteiger partial charge in [0.25, 0.3) is 12.4 Å². The van der Waals surface area contributed by atoms with E-state index >= 15 is 0 Å². The van der Waals surface area contributed by atoms with Gasteiger partial charge in [-0.1, -0.05) is 0 Å². The normalized spacial score (nSPS) is 28.0. The van der Waals surface area contributed by atoms with Crippen molar-refractivity contribution in [3.63, 3.8) is 0 Å². The smallest absolute Gasteiger partial charge is 0.290 e. The average molecular weight is 353 g/mol. The lowest BCUT2D eigenvalue weighted by Crippen LogP contribution is -2.64. The lowest BCUT2D eigenvalue weighted by atomic mass is 9.75. The second-order valence-corrected chi connectivity index (χ2v) is 6.45. The Bertz CT molecular complexity index is 587. The Morgan fingerprint density at radius 2 is 1.88 bits per heavy atom. The second-order valence-electron chi connectivity index (χ2n) is 6.45. The Labute approximate surface area is 145 Å². The van der Waals surface area contributed by atoms with Gasteiger partial charge in [-0.15, -0.1) is 0 Å². The van der Waals surface area contributed by atoms with Crippen molar-refractivity contribution in [2.75, 3.05) is 19.7 Å². The van der Waals surface area contributed by atoms with E-state index in [1.165, 1.54) is 18.7 Å². The van der Waals surface area contributed by atoms with Gasteiger partial charge in [0.15, 0.2) is 0 Å². The van der Waals surface area contributed by atoms with E-state index in [2.05, 4.69) is 9.97 Å². The molecule has 1 aromatic heterocycles. The summed E-state index contributed by atoms with van der Waals surface area (Å²) in [5.41, 5.74) is -1.45. The number of likely N-dealkylation sites (tertiary alicyclic amines) is 1. The number of nitrogens with zero attached hydrogens (tertiary/aromatic N) is 3. The van der Waals surface area contributed by atoms with E-state index < -0.39 is 17.3 Å². The molecule has 2 aliphatic heterocycles. The summed E-state index contributed by atoms with van der Waals surface area (Å²) < 4.78 is 5.82. The molecule has 138 valence electrons. The van der Waals surface area contributed by atoms with Crippen molar-refractivity contribution in [3.05, 3.63) is 24.3 Å². The van der Waals surface area contributed by atoms with E-state index in [1.807, 2.05) is 0 Å². The van der Waals surface area contributed by atoms with E-state index in [0.717, 1.165) is 0 Å². The Balaban J connectivity index is 0.000000701.